The third-order valence-corrected chi connectivity index (χ3v) is 3.70. The molecule has 0 aliphatic carbocycles. The summed E-state index contributed by atoms with van der Waals surface area (Å²) in [7, 11) is 0.0134. The molecule has 0 saturated heterocycles. The average molecular weight is 272 g/mol. The van der Waals surface area contributed by atoms with Crippen molar-refractivity contribution in [2.75, 3.05) is 27.2 Å². The van der Waals surface area contributed by atoms with Gasteiger partial charge in [-0.3, -0.25) is 0 Å². The highest BCUT2D eigenvalue weighted by Gasteiger charge is 2.15. The van der Waals surface area contributed by atoms with Gasteiger partial charge < -0.3 is 10.0 Å². The van der Waals surface area contributed by atoms with Gasteiger partial charge in [0.05, 0.1) is 10.5 Å². The van der Waals surface area contributed by atoms with Crippen molar-refractivity contribution in [1.29, 1.82) is 0 Å². The van der Waals surface area contributed by atoms with Gasteiger partial charge in [-0.2, -0.15) is 0 Å². The lowest BCUT2D eigenvalue weighted by Crippen LogP contribution is -2.31. The molecule has 0 unspecified atom stereocenters. The van der Waals surface area contributed by atoms with Crippen LogP contribution in [0.1, 0.15) is 10.4 Å². The number of carbonyl (C=O) groups is 1. The second-order valence-corrected chi connectivity index (χ2v) is 5.80. The van der Waals surface area contributed by atoms with Gasteiger partial charge in [0.1, 0.15) is 0 Å². The van der Waals surface area contributed by atoms with E-state index >= 15 is 0 Å². The zero-order chi connectivity index (χ0) is 13.8. The lowest BCUT2D eigenvalue weighted by molar-refractivity contribution is 0.0696. The summed E-state index contributed by atoms with van der Waals surface area (Å²) in [5.41, 5.74) is -0.0505. The Labute approximate surface area is 106 Å². The van der Waals surface area contributed by atoms with Gasteiger partial charge >= 0.3 is 5.97 Å². The number of benzene rings is 1. The summed E-state index contributed by atoms with van der Waals surface area (Å²) in [6.07, 6.45) is 0. The maximum absolute atomic E-state index is 11.9. The first-order valence-corrected chi connectivity index (χ1v) is 6.79. The number of hydrogen-bond donors (Lipinski definition) is 2. The van der Waals surface area contributed by atoms with Crippen LogP contribution in [-0.2, 0) is 10.0 Å². The number of nitrogens with one attached hydrogen (secondary N) is 1. The first kappa shape index (κ1) is 14.6. The molecule has 0 aliphatic heterocycles. The van der Waals surface area contributed by atoms with Gasteiger partial charge in [0.15, 0.2) is 0 Å². The van der Waals surface area contributed by atoms with Crippen LogP contribution in [0, 0.1) is 0 Å². The van der Waals surface area contributed by atoms with E-state index < -0.39 is 16.0 Å². The smallest absolute Gasteiger partial charge is 0.335 e. The van der Waals surface area contributed by atoms with Crippen LogP contribution >= 0.6 is 0 Å². The molecular weight excluding hydrogens is 256 g/mol. The van der Waals surface area contributed by atoms with Crippen molar-refractivity contribution in [3.8, 4) is 0 Å². The Morgan fingerprint density at radius 1 is 1.39 bits per heavy atom. The predicted octanol–water partition coefficient (Wildman–Crippen LogP) is 0.225. The van der Waals surface area contributed by atoms with E-state index in [9.17, 15) is 13.2 Å². The van der Waals surface area contributed by atoms with E-state index in [0.717, 1.165) is 6.07 Å². The number of hydrogen-bond acceptors (Lipinski definition) is 4. The lowest BCUT2D eigenvalue weighted by Gasteiger charge is -2.11. The highest BCUT2D eigenvalue weighted by Crippen LogP contribution is 2.11. The molecule has 0 fully saturated rings. The zero-order valence-corrected chi connectivity index (χ0v) is 11.1. The van der Waals surface area contributed by atoms with Crippen LogP contribution in [0.2, 0.25) is 0 Å². The summed E-state index contributed by atoms with van der Waals surface area (Å²) >= 11 is 0. The van der Waals surface area contributed by atoms with Gasteiger partial charge in [0.25, 0.3) is 0 Å². The standard InChI is InChI=1S/C11H16N2O4S/c1-13(2)7-6-12-18(16,17)10-5-3-4-9(8-10)11(14)15/h3-5,8,12H,6-7H2,1-2H3,(H,14,15). The molecule has 100 valence electrons. The quantitative estimate of drug-likeness (QED) is 0.774. The van der Waals surface area contributed by atoms with E-state index in [4.69, 9.17) is 5.11 Å². The number of sulfonamides is 1. The number of rotatable bonds is 6. The van der Waals surface area contributed by atoms with Crippen LogP contribution in [0.15, 0.2) is 29.2 Å². The molecule has 7 heteroatoms. The van der Waals surface area contributed by atoms with E-state index in [1.54, 1.807) is 0 Å². The molecule has 2 N–H and O–H groups in total. The summed E-state index contributed by atoms with van der Waals surface area (Å²) in [5.74, 6) is -1.15. The molecule has 0 spiro atoms. The number of likely N-dealkylation sites (N-methyl/N-ethyl adjacent to an activating group) is 1. The van der Waals surface area contributed by atoms with E-state index in [-0.39, 0.29) is 17.0 Å². The van der Waals surface area contributed by atoms with Gasteiger partial charge in [-0.05, 0) is 32.3 Å². The molecule has 1 aromatic carbocycles. The van der Waals surface area contributed by atoms with Crippen molar-refractivity contribution >= 4 is 16.0 Å². The molecule has 0 atom stereocenters. The Hall–Kier alpha value is -1.44. The summed E-state index contributed by atoms with van der Waals surface area (Å²) in [4.78, 5) is 12.6. The lowest BCUT2D eigenvalue weighted by atomic mass is 10.2. The predicted molar refractivity (Wildman–Crippen MR) is 67.1 cm³/mol. The summed E-state index contributed by atoms with van der Waals surface area (Å²) < 4.78 is 26.1. The first-order chi connectivity index (χ1) is 8.33. The Morgan fingerprint density at radius 3 is 2.61 bits per heavy atom. The number of carboxylic acid groups (broad SMARTS) is 1. The molecule has 0 aromatic heterocycles. The fourth-order valence-corrected chi connectivity index (χ4v) is 2.35. The molecule has 0 radical (unpaired) electrons. The summed E-state index contributed by atoms with van der Waals surface area (Å²) in [6.45, 7) is 0.838. The fourth-order valence-electron chi connectivity index (χ4n) is 1.28. The van der Waals surface area contributed by atoms with Crippen LogP contribution < -0.4 is 4.72 Å². The SMILES string of the molecule is CN(C)CCNS(=O)(=O)c1cccc(C(=O)O)c1. The fraction of sp³-hybridized carbons (Fsp3) is 0.364. The molecule has 0 aliphatic rings. The van der Waals surface area contributed by atoms with Gasteiger partial charge in [-0.1, -0.05) is 6.07 Å². The second kappa shape index (κ2) is 5.94. The largest absolute Gasteiger partial charge is 0.478 e. The number of aromatic carboxylic acids is 1. The molecule has 1 aromatic rings. The van der Waals surface area contributed by atoms with Crippen LogP contribution in [-0.4, -0.2) is 51.6 Å². The van der Waals surface area contributed by atoms with E-state index in [2.05, 4.69) is 4.72 Å². The summed E-state index contributed by atoms with van der Waals surface area (Å²) in [6, 6.07) is 5.26. The highest BCUT2D eigenvalue weighted by atomic mass is 32.2. The maximum atomic E-state index is 11.9. The van der Waals surface area contributed by atoms with E-state index in [1.165, 1.54) is 18.2 Å². The molecule has 0 bridgehead atoms. The van der Waals surface area contributed by atoms with Gasteiger partial charge in [0.2, 0.25) is 10.0 Å². The molecule has 18 heavy (non-hydrogen) atoms. The minimum absolute atomic E-state index is 0.0406. The second-order valence-electron chi connectivity index (χ2n) is 4.03. The van der Waals surface area contributed by atoms with Crippen molar-refractivity contribution in [2.45, 2.75) is 4.90 Å². The molecular formula is C11H16N2O4S. The highest BCUT2D eigenvalue weighted by molar-refractivity contribution is 7.89. The third-order valence-electron chi connectivity index (χ3n) is 2.24. The molecule has 0 saturated carbocycles. The average Bonchev–Trinajstić information content (AvgIpc) is 2.28. The van der Waals surface area contributed by atoms with Crippen molar-refractivity contribution in [1.82, 2.24) is 9.62 Å². The minimum atomic E-state index is -3.65. The van der Waals surface area contributed by atoms with Crippen molar-refractivity contribution in [3.63, 3.8) is 0 Å². The molecule has 0 amide bonds. The third kappa shape index (κ3) is 4.10. The van der Waals surface area contributed by atoms with Crippen LogP contribution in [0.25, 0.3) is 0 Å². The van der Waals surface area contributed by atoms with E-state index in [1.807, 2.05) is 19.0 Å². The van der Waals surface area contributed by atoms with Crippen LogP contribution in [0.5, 0.6) is 0 Å². The van der Waals surface area contributed by atoms with Crippen molar-refractivity contribution in [3.05, 3.63) is 29.8 Å². The topological polar surface area (TPSA) is 86.7 Å². The van der Waals surface area contributed by atoms with Crippen LogP contribution in [0.3, 0.4) is 0 Å². The Bertz CT molecular complexity index is 526. The van der Waals surface area contributed by atoms with Crippen molar-refractivity contribution < 1.29 is 18.3 Å². The number of nitrogens with zero attached hydrogens (tertiary/aromatic N) is 1. The first-order valence-electron chi connectivity index (χ1n) is 5.30. The summed E-state index contributed by atoms with van der Waals surface area (Å²) in [5, 5.41) is 8.80. The zero-order valence-electron chi connectivity index (χ0n) is 10.3. The van der Waals surface area contributed by atoms with Gasteiger partial charge in [-0.15, -0.1) is 0 Å². The van der Waals surface area contributed by atoms with E-state index in [0.29, 0.717) is 6.54 Å². The Kier molecular flexibility index (Phi) is 4.83. The minimum Gasteiger partial charge on any atom is -0.478 e. The molecule has 6 nitrogen and oxygen atoms in total. The maximum Gasteiger partial charge on any atom is 0.335 e. The Morgan fingerprint density at radius 2 is 2.06 bits per heavy atom. The molecule has 0 heterocycles. The normalized spacial score (nSPS) is 11.7. The van der Waals surface area contributed by atoms with Crippen molar-refractivity contribution in [2.24, 2.45) is 0 Å². The monoisotopic (exact) mass is 272 g/mol. The van der Waals surface area contributed by atoms with Crippen LogP contribution in [0.4, 0.5) is 0 Å². The Balaban J connectivity index is 2.85. The van der Waals surface area contributed by atoms with Gasteiger partial charge in [-0.25, -0.2) is 17.9 Å². The number of carboxylic acids is 1. The molecule has 1 rings (SSSR count). The van der Waals surface area contributed by atoms with Gasteiger partial charge in [0, 0.05) is 13.1 Å².